The Balaban J connectivity index is 2.58. The van der Waals surface area contributed by atoms with Gasteiger partial charge < -0.3 is 5.21 Å². The minimum atomic E-state index is -4.14. The van der Waals surface area contributed by atoms with Gasteiger partial charge in [-0.3, -0.25) is 0 Å². The first kappa shape index (κ1) is 9.35. The lowest BCUT2D eigenvalue weighted by Crippen LogP contribution is -2.28. The van der Waals surface area contributed by atoms with Gasteiger partial charge in [-0.2, -0.15) is 13.2 Å². The van der Waals surface area contributed by atoms with Gasteiger partial charge in [0.25, 0.3) is 0 Å². The molecule has 0 aromatic heterocycles. The van der Waals surface area contributed by atoms with Crippen molar-refractivity contribution in [2.24, 2.45) is 11.1 Å². The molecule has 0 radical (unpaired) electrons. The summed E-state index contributed by atoms with van der Waals surface area (Å²) in [5.74, 6) is -1.31. The zero-order chi connectivity index (χ0) is 9.19. The molecule has 2 nitrogen and oxygen atoms in total. The molecule has 1 atom stereocenters. The lowest BCUT2D eigenvalue weighted by molar-refractivity contribution is -0.175. The van der Waals surface area contributed by atoms with Crippen molar-refractivity contribution in [1.29, 1.82) is 0 Å². The van der Waals surface area contributed by atoms with Crippen LogP contribution in [-0.2, 0) is 0 Å². The van der Waals surface area contributed by atoms with Gasteiger partial charge in [0.2, 0.25) is 0 Å². The van der Waals surface area contributed by atoms with Crippen molar-refractivity contribution in [1.82, 2.24) is 0 Å². The Bertz CT molecular complexity index is 188. The maximum atomic E-state index is 12.1. The predicted octanol–water partition coefficient (Wildman–Crippen LogP) is 2.57. The Morgan fingerprint density at radius 2 is 2.08 bits per heavy atom. The highest BCUT2D eigenvalue weighted by Gasteiger charge is 2.41. The quantitative estimate of drug-likeness (QED) is 0.452. The fourth-order valence-corrected chi connectivity index (χ4v) is 1.41. The Kier molecular flexibility index (Phi) is 2.59. The van der Waals surface area contributed by atoms with Crippen LogP contribution in [0.2, 0.25) is 0 Å². The molecule has 70 valence electrons. The van der Waals surface area contributed by atoms with Crippen molar-refractivity contribution in [2.75, 3.05) is 0 Å². The molecular formula is C7H10F3NO. The van der Waals surface area contributed by atoms with E-state index in [1.165, 1.54) is 0 Å². The molecule has 1 aliphatic carbocycles. The van der Waals surface area contributed by atoms with Gasteiger partial charge in [-0.25, -0.2) is 0 Å². The van der Waals surface area contributed by atoms with Gasteiger partial charge in [0, 0.05) is 6.42 Å². The van der Waals surface area contributed by atoms with Crippen molar-refractivity contribution < 1.29 is 18.4 Å². The average molecular weight is 181 g/mol. The zero-order valence-corrected chi connectivity index (χ0v) is 6.43. The van der Waals surface area contributed by atoms with E-state index in [1.807, 2.05) is 0 Å². The largest absolute Gasteiger partial charge is 0.411 e. The molecule has 1 unspecified atom stereocenters. The van der Waals surface area contributed by atoms with E-state index in [4.69, 9.17) is 5.21 Å². The van der Waals surface area contributed by atoms with Crippen LogP contribution in [0.5, 0.6) is 0 Å². The van der Waals surface area contributed by atoms with E-state index in [0.717, 1.165) is 0 Å². The van der Waals surface area contributed by atoms with Crippen LogP contribution in [-0.4, -0.2) is 17.1 Å². The number of rotatable bonds is 0. The van der Waals surface area contributed by atoms with Crippen molar-refractivity contribution in [3.63, 3.8) is 0 Å². The Labute approximate surface area is 68.1 Å². The summed E-state index contributed by atoms with van der Waals surface area (Å²) >= 11 is 0. The van der Waals surface area contributed by atoms with Gasteiger partial charge >= 0.3 is 6.18 Å². The van der Waals surface area contributed by atoms with Crippen LogP contribution < -0.4 is 0 Å². The van der Waals surface area contributed by atoms with Gasteiger partial charge in [0.15, 0.2) is 0 Å². The molecule has 0 aliphatic heterocycles. The summed E-state index contributed by atoms with van der Waals surface area (Å²) < 4.78 is 36.3. The molecule has 0 heterocycles. The Hall–Kier alpha value is -0.740. The topological polar surface area (TPSA) is 32.6 Å². The monoisotopic (exact) mass is 181 g/mol. The maximum absolute atomic E-state index is 12.1. The first-order chi connectivity index (χ1) is 5.54. The molecule has 1 N–H and O–H groups in total. The number of hydrogen-bond acceptors (Lipinski definition) is 2. The van der Waals surface area contributed by atoms with Gasteiger partial charge in [-0.15, -0.1) is 0 Å². The Morgan fingerprint density at radius 3 is 2.58 bits per heavy atom. The minimum absolute atomic E-state index is 0.139. The molecule has 0 aromatic rings. The highest BCUT2D eigenvalue weighted by molar-refractivity contribution is 5.84. The van der Waals surface area contributed by atoms with Gasteiger partial charge in [-0.05, 0) is 19.3 Å². The highest BCUT2D eigenvalue weighted by Crippen LogP contribution is 2.36. The molecule has 0 aromatic carbocycles. The van der Waals surface area contributed by atoms with Crippen LogP contribution in [0.25, 0.3) is 0 Å². The fraction of sp³-hybridized carbons (Fsp3) is 0.857. The van der Waals surface area contributed by atoms with E-state index < -0.39 is 12.1 Å². The molecule has 12 heavy (non-hydrogen) atoms. The molecular weight excluding hydrogens is 171 g/mol. The van der Waals surface area contributed by atoms with Crippen LogP contribution >= 0.6 is 0 Å². The van der Waals surface area contributed by atoms with Crippen LogP contribution in [0, 0.1) is 5.92 Å². The molecule has 1 saturated carbocycles. The average Bonchev–Trinajstić information content (AvgIpc) is 2.03. The lowest BCUT2D eigenvalue weighted by Gasteiger charge is -2.24. The molecule has 0 bridgehead atoms. The first-order valence-electron chi connectivity index (χ1n) is 3.80. The third-order valence-electron chi connectivity index (χ3n) is 2.10. The molecule has 1 aliphatic rings. The summed E-state index contributed by atoms with van der Waals surface area (Å²) in [4.78, 5) is 0. The zero-order valence-electron chi connectivity index (χ0n) is 6.43. The molecule has 0 spiro atoms. The smallest absolute Gasteiger partial charge is 0.392 e. The van der Waals surface area contributed by atoms with Crippen LogP contribution in [0.15, 0.2) is 5.16 Å². The SMILES string of the molecule is ON=C1CCCC(C(F)(F)F)C1. The number of oxime groups is 1. The summed E-state index contributed by atoms with van der Waals surface area (Å²) in [6, 6.07) is 0. The third-order valence-corrected chi connectivity index (χ3v) is 2.10. The molecule has 0 amide bonds. The molecule has 1 fully saturated rings. The van der Waals surface area contributed by atoms with Crippen molar-refractivity contribution in [3.05, 3.63) is 0 Å². The minimum Gasteiger partial charge on any atom is -0.411 e. The number of halogens is 3. The fourth-order valence-electron chi connectivity index (χ4n) is 1.41. The van der Waals surface area contributed by atoms with E-state index in [0.29, 0.717) is 12.8 Å². The van der Waals surface area contributed by atoms with Crippen molar-refractivity contribution >= 4 is 5.71 Å². The van der Waals surface area contributed by atoms with E-state index in [1.54, 1.807) is 0 Å². The Morgan fingerprint density at radius 1 is 1.42 bits per heavy atom. The van der Waals surface area contributed by atoms with Gasteiger partial charge in [-0.1, -0.05) is 5.16 Å². The van der Waals surface area contributed by atoms with Crippen molar-refractivity contribution in [3.8, 4) is 0 Å². The molecule has 1 rings (SSSR count). The van der Waals surface area contributed by atoms with E-state index in [-0.39, 0.29) is 18.6 Å². The third kappa shape index (κ3) is 2.12. The van der Waals surface area contributed by atoms with Gasteiger partial charge in [0.1, 0.15) is 0 Å². The second-order valence-electron chi connectivity index (χ2n) is 3.00. The maximum Gasteiger partial charge on any atom is 0.392 e. The van der Waals surface area contributed by atoms with Gasteiger partial charge in [0.05, 0.1) is 11.6 Å². The van der Waals surface area contributed by atoms with E-state index in [9.17, 15) is 13.2 Å². The summed E-state index contributed by atoms with van der Waals surface area (Å²) in [6.07, 6.45) is -3.18. The number of nitrogens with zero attached hydrogens (tertiary/aromatic N) is 1. The van der Waals surface area contributed by atoms with Crippen LogP contribution in [0.3, 0.4) is 0 Å². The standard InChI is InChI=1S/C7H10F3NO/c8-7(9,10)5-2-1-3-6(4-5)11-12/h5,12H,1-4H2. The second-order valence-corrected chi connectivity index (χ2v) is 3.00. The summed E-state index contributed by atoms with van der Waals surface area (Å²) in [5, 5.41) is 11.1. The van der Waals surface area contributed by atoms with Crippen LogP contribution in [0.4, 0.5) is 13.2 Å². The molecule has 0 saturated heterocycles. The van der Waals surface area contributed by atoms with E-state index in [2.05, 4.69) is 5.16 Å². The van der Waals surface area contributed by atoms with Crippen LogP contribution in [0.1, 0.15) is 25.7 Å². The second kappa shape index (κ2) is 3.33. The predicted molar refractivity (Wildman–Crippen MR) is 37.2 cm³/mol. The summed E-state index contributed by atoms with van der Waals surface area (Å²) in [6.45, 7) is 0. The molecule has 5 heteroatoms. The number of hydrogen-bond donors (Lipinski definition) is 1. The number of alkyl halides is 3. The lowest BCUT2D eigenvalue weighted by atomic mass is 9.87. The van der Waals surface area contributed by atoms with Crippen molar-refractivity contribution in [2.45, 2.75) is 31.9 Å². The highest BCUT2D eigenvalue weighted by atomic mass is 19.4. The summed E-state index contributed by atoms with van der Waals surface area (Å²) in [7, 11) is 0. The van der Waals surface area contributed by atoms with E-state index >= 15 is 0 Å². The summed E-state index contributed by atoms with van der Waals surface area (Å²) in [5.41, 5.74) is 0.267. The first-order valence-corrected chi connectivity index (χ1v) is 3.80. The normalized spacial score (nSPS) is 29.2.